The molecule has 11 heteroatoms. The first-order valence-corrected chi connectivity index (χ1v) is 16.2. The number of anilines is 1. The molecule has 0 spiro atoms. The van der Waals surface area contributed by atoms with E-state index in [1.807, 2.05) is 64.8 Å². The fourth-order valence-electron chi connectivity index (χ4n) is 5.26. The Bertz CT molecular complexity index is 1360. The molecule has 46 heavy (non-hydrogen) atoms. The number of rotatable bonds is 11. The third-order valence-corrected chi connectivity index (χ3v) is 7.63. The van der Waals surface area contributed by atoms with Crippen LogP contribution in [0.25, 0.3) is 22.2 Å². The summed E-state index contributed by atoms with van der Waals surface area (Å²) >= 11 is 0. The van der Waals surface area contributed by atoms with Crippen molar-refractivity contribution in [3.8, 4) is 11.3 Å². The van der Waals surface area contributed by atoms with Crippen LogP contribution in [0.1, 0.15) is 83.7 Å². The van der Waals surface area contributed by atoms with Gasteiger partial charge in [0.15, 0.2) is 0 Å². The molecular weight excluding hydrogens is 595 g/mol. The summed E-state index contributed by atoms with van der Waals surface area (Å²) in [5, 5.41) is 0.730. The molecule has 1 unspecified atom stereocenters. The van der Waals surface area contributed by atoms with Crippen molar-refractivity contribution in [1.29, 1.82) is 0 Å². The van der Waals surface area contributed by atoms with E-state index < -0.39 is 24.2 Å². The monoisotopic (exact) mass is 649 g/mol. The van der Waals surface area contributed by atoms with Crippen LogP contribution in [-0.4, -0.2) is 62.6 Å². The minimum Gasteiger partial charge on any atom is -0.467 e. The number of carbonyl (C=O) groups is 1. The molecule has 1 aromatic carbocycles. The molecule has 4 rings (SSSR count). The van der Waals surface area contributed by atoms with Crippen molar-refractivity contribution in [3.63, 3.8) is 0 Å². The summed E-state index contributed by atoms with van der Waals surface area (Å²) in [6, 6.07) is 7.42. The standard InChI is InChI=1S/C28H36F3N3O3.C4H10N2.C3H8/c1-8-33(6)20-9-10-24-21(12-20)23(13-27(4,5)16-37-17-35)26(34(24)15-28(29,30)31)22-11-18(2)14-32-25(22)19(3)36-7;1-2-4-6-5-3-1;1-3-2/h9-12,14,17,19H,8,13,15-16H2,1-7H3;5-6H,1-4H2;3H2,1-2H3. The van der Waals surface area contributed by atoms with E-state index in [0.29, 0.717) is 35.4 Å². The average molecular weight is 650 g/mol. The number of hydrogen-bond donors (Lipinski definition) is 2. The molecule has 2 N–H and O–H groups in total. The number of benzene rings is 1. The molecular formula is C35H54F3N5O3. The molecule has 258 valence electrons. The number of methoxy groups -OCH3 is 1. The molecule has 3 heterocycles. The van der Waals surface area contributed by atoms with Crippen molar-refractivity contribution in [2.45, 2.75) is 93.0 Å². The number of pyridine rings is 1. The fourth-order valence-corrected chi connectivity index (χ4v) is 5.26. The highest BCUT2D eigenvalue weighted by molar-refractivity contribution is 5.94. The number of aryl methyl sites for hydroxylation is 1. The van der Waals surface area contributed by atoms with E-state index in [9.17, 15) is 18.0 Å². The van der Waals surface area contributed by atoms with E-state index in [1.165, 1.54) is 23.8 Å². The lowest BCUT2D eigenvalue weighted by molar-refractivity contribution is -0.139. The van der Waals surface area contributed by atoms with Gasteiger partial charge in [-0.3, -0.25) is 20.6 Å². The number of fused-ring (bicyclic) bond motifs is 1. The molecule has 0 amide bonds. The van der Waals surface area contributed by atoms with Crippen molar-refractivity contribution in [2.24, 2.45) is 5.41 Å². The van der Waals surface area contributed by atoms with Crippen molar-refractivity contribution >= 4 is 23.1 Å². The molecule has 0 saturated carbocycles. The Morgan fingerprint density at radius 2 is 1.74 bits per heavy atom. The zero-order chi connectivity index (χ0) is 34.5. The third kappa shape index (κ3) is 11.3. The normalized spacial score (nSPS) is 14.1. The van der Waals surface area contributed by atoms with Crippen LogP contribution in [0.2, 0.25) is 0 Å². The van der Waals surface area contributed by atoms with Crippen LogP contribution in [0, 0.1) is 12.3 Å². The van der Waals surface area contributed by atoms with Gasteiger partial charge in [-0.15, -0.1) is 0 Å². The van der Waals surface area contributed by atoms with Crippen LogP contribution in [0.5, 0.6) is 0 Å². The number of nitrogens with one attached hydrogen (secondary N) is 2. The number of halogens is 3. The zero-order valence-corrected chi connectivity index (χ0v) is 29.1. The predicted octanol–water partition coefficient (Wildman–Crippen LogP) is 7.77. The first-order chi connectivity index (χ1) is 21.7. The van der Waals surface area contributed by atoms with Crippen LogP contribution in [0.15, 0.2) is 30.5 Å². The van der Waals surface area contributed by atoms with Crippen molar-refractivity contribution in [1.82, 2.24) is 20.4 Å². The molecule has 0 bridgehead atoms. The molecule has 1 saturated heterocycles. The second kappa shape index (κ2) is 18.3. The number of alkyl halides is 3. The van der Waals surface area contributed by atoms with Crippen molar-refractivity contribution in [3.05, 3.63) is 47.3 Å². The lowest BCUT2D eigenvalue weighted by Gasteiger charge is -2.25. The number of aromatic nitrogens is 2. The Balaban J connectivity index is 0.000000710. The third-order valence-electron chi connectivity index (χ3n) is 7.63. The van der Waals surface area contributed by atoms with Crippen LogP contribution in [-0.2, 0) is 27.2 Å². The summed E-state index contributed by atoms with van der Waals surface area (Å²) in [4.78, 5) is 17.5. The summed E-state index contributed by atoms with van der Waals surface area (Å²) in [7, 11) is 3.49. The maximum absolute atomic E-state index is 14.0. The van der Waals surface area contributed by atoms with Gasteiger partial charge in [0.1, 0.15) is 6.54 Å². The second-order valence-corrected chi connectivity index (χ2v) is 12.6. The Kier molecular flexibility index (Phi) is 15.5. The van der Waals surface area contributed by atoms with Gasteiger partial charge in [0, 0.05) is 67.6 Å². The summed E-state index contributed by atoms with van der Waals surface area (Å²) in [5.74, 6) is 0. The number of hydrogen-bond acceptors (Lipinski definition) is 7. The molecule has 0 aliphatic carbocycles. The summed E-state index contributed by atoms with van der Waals surface area (Å²) in [6.07, 6.45) is 1.10. The largest absolute Gasteiger partial charge is 0.467 e. The summed E-state index contributed by atoms with van der Waals surface area (Å²) in [6.45, 7) is 16.2. The quantitative estimate of drug-likeness (QED) is 0.206. The molecule has 1 atom stereocenters. The topological polar surface area (TPSA) is 80.7 Å². The number of carbonyl (C=O) groups excluding carboxylic acids is 1. The molecule has 3 aromatic rings. The highest BCUT2D eigenvalue weighted by Gasteiger charge is 2.34. The Morgan fingerprint density at radius 1 is 1.11 bits per heavy atom. The smallest absolute Gasteiger partial charge is 0.406 e. The van der Waals surface area contributed by atoms with E-state index in [-0.39, 0.29) is 6.61 Å². The molecule has 1 aliphatic rings. The van der Waals surface area contributed by atoms with Gasteiger partial charge < -0.3 is 18.9 Å². The van der Waals surface area contributed by atoms with Crippen molar-refractivity contribution in [2.75, 3.05) is 45.3 Å². The first-order valence-electron chi connectivity index (χ1n) is 16.2. The molecule has 1 fully saturated rings. The Hall–Kier alpha value is -3.15. The van der Waals surface area contributed by atoms with Gasteiger partial charge in [-0.1, -0.05) is 34.1 Å². The van der Waals surface area contributed by atoms with E-state index in [2.05, 4.69) is 29.7 Å². The minimum atomic E-state index is -4.45. The number of hydrazine groups is 1. The second-order valence-electron chi connectivity index (χ2n) is 12.6. The predicted molar refractivity (Wildman–Crippen MR) is 181 cm³/mol. The number of ether oxygens (including phenoxy) is 2. The van der Waals surface area contributed by atoms with Crippen LogP contribution < -0.4 is 15.8 Å². The highest BCUT2D eigenvalue weighted by Crippen LogP contribution is 2.42. The summed E-state index contributed by atoms with van der Waals surface area (Å²) < 4.78 is 54.0. The molecule has 0 radical (unpaired) electrons. The molecule has 1 aliphatic heterocycles. The van der Waals surface area contributed by atoms with E-state index in [4.69, 9.17) is 9.47 Å². The van der Waals surface area contributed by atoms with Gasteiger partial charge >= 0.3 is 6.18 Å². The van der Waals surface area contributed by atoms with Gasteiger partial charge in [-0.05, 0) is 75.4 Å². The maximum Gasteiger partial charge on any atom is 0.406 e. The van der Waals surface area contributed by atoms with Gasteiger partial charge in [0.2, 0.25) is 0 Å². The first kappa shape index (κ1) is 39.0. The van der Waals surface area contributed by atoms with E-state index >= 15 is 0 Å². The SMILES string of the molecule is C1CCNNC1.CCC.CCN(C)c1ccc2c(c1)c(CC(C)(C)COC=O)c(-c1cc(C)cnc1C(C)OC)n2CC(F)(F)F. The van der Waals surface area contributed by atoms with Crippen LogP contribution in [0.3, 0.4) is 0 Å². The lowest BCUT2D eigenvalue weighted by atomic mass is 9.84. The van der Waals surface area contributed by atoms with Crippen molar-refractivity contribution < 1.29 is 27.4 Å². The average Bonchev–Trinajstić information content (AvgIpc) is 3.30. The fraction of sp³-hybridized carbons (Fsp3) is 0.600. The lowest BCUT2D eigenvalue weighted by Crippen LogP contribution is -2.37. The summed E-state index contributed by atoms with van der Waals surface area (Å²) in [5.41, 5.74) is 10.1. The van der Waals surface area contributed by atoms with Gasteiger partial charge in [0.25, 0.3) is 6.47 Å². The highest BCUT2D eigenvalue weighted by atomic mass is 19.4. The van der Waals surface area contributed by atoms with E-state index in [1.54, 1.807) is 19.4 Å². The molecule has 2 aromatic heterocycles. The Labute approximate surface area is 273 Å². The minimum absolute atomic E-state index is 0.129. The van der Waals surface area contributed by atoms with Gasteiger partial charge in [-0.2, -0.15) is 13.2 Å². The number of nitrogens with zero attached hydrogens (tertiary/aromatic N) is 3. The maximum atomic E-state index is 14.0. The van der Waals surface area contributed by atoms with Crippen LogP contribution >= 0.6 is 0 Å². The van der Waals surface area contributed by atoms with E-state index in [0.717, 1.165) is 41.8 Å². The van der Waals surface area contributed by atoms with Gasteiger partial charge in [0.05, 0.1) is 24.1 Å². The molecule has 8 nitrogen and oxygen atoms in total. The zero-order valence-electron chi connectivity index (χ0n) is 29.1. The Morgan fingerprint density at radius 3 is 2.24 bits per heavy atom. The van der Waals surface area contributed by atoms with Gasteiger partial charge in [-0.25, -0.2) is 0 Å². The van der Waals surface area contributed by atoms with Crippen LogP contribution in [0.4, 0.5) is 18.9 Å².